The van der Waals surface area contributed by atoms with Crippen molar-refractivity contribution in [2.75, 3.05) is 0 Å². The summed E-state index contributed by atoms with van der Waals surface area (Å²) in [7, 11) is 1.90. The number of aliphatic hydroxyl groups is 1. The summed E-state index contributed by atoms with van der Waals surface area (Å²) in [6.45, 7) is 4.18. The van der Waals surface area contributed by atoms with Crippen LogP contribution in [0, 0.1) is 12.8 Å². The Bertz CT molecular complexity index is 585. The zero-order valence-corrected chi connectivity index (χ0v) is 11.6. The van der Waals surface area contributed by atoms with E-state index in [1.54, 1.807) is 0 Å². The molecule has 0 spiro atoms. The summed E-state index contributed by atoms with van der Waals surface area (Å²) < 4.78 is 7.59. The third-order valence-electron chi connectivity index (χ3n) is 3.95. The Morgan fingerprint density at radius 2 is 2.26 bits per heavy atom. The molecule has 3 atom stereocenters. The minimum atomic E-state index is -0.599. The van der Waals surface area contributed by atoms with Gasteiger partial charge in [-0.25, -0.2) is 0 Å². The molecule has 0 bridgehead atoms. The van der Waals surface area contributed by atoms with Crippen LogP contribution in [0.15, 0.2) is 22.6 Å². The number of aryl methyl sites for hydroxylation is 2. The maximum atomic E-state index is 10.3. The van der Waals surface area contributed by atoms with Gasteiger partial charge in [-0.3, -0.25) is 4.68 Å². The summed E-state index contributed by atoms with van der Waals surface area (Å²) in [5.74, 6) is 2.95. The van der Waals surface area contributed by atoms with E-state index in [0.717, 1.165) is 23.1 Å². The van der Waals surface area contributed by atoms with E-state index in [2.05, 4.69) is 12.0 Å². The van der Waals surface area contributed by atoms with Crippen LogP contribution in [0.5, 0.6) is 0 Å². The van der Waals surface area contributed by atoms with Gasteiger partial charge in [-0.1, -0.05) is 6.92 Å². The summed E-state index contributed by atoms with van der Waals surface area (Å²) in [4.78, 5) is 0. The Balaban J connectivity index is 1.71. The maximum absolute atomic E-state index is 10.3. The molecular formula is C15H20N2O2. The minimum Gasteiger partial charge on any atom is -0.463 e. The topological polar surface area (TPSA) is 51.2 Å². The first-order valence-corrected chi connectivity index (χ1v) is 6.82. The number of furan rings is 1. The van der Waals surface area contributed by atoms with Crippen LogP contribution in [0.3, 0.4) is 0 Å². The van der Waals surface area contributed by atoms with Crippen LogP contribution in [0.4, 0.5) is 0 Å². The Hall–Kier alpha value is -1.55. The predicted octanol–water partition coefficient (Wildman–Crippen LogP) is 2.72. The highest BCUT2D eigenvalue weighted by molar-refractivity contribution is 5.20. The second kappa shape index (κ2) is 4.53. The zero-order chi connectivity index (χ0) is 13.6. The summed E-state index contributed by atoms with van der Waals surface area (Å²) in [6.07, 6.45) is 1.13. The van der Waals surface area contributed by atoms with Gasteiger partial charge in [0, 0.05) is 25.1 Å². The molecule has 3 unspecified atom stereocenters. The number of hydrogen-bond acceptors (Lipinski definition) is 3. The van der Waals surface area contributed by atoms with Crippen molar-refractivity contribution in [3.05, 3.63) is 41.1 Å². The van der Waals surface area contributed by atoms with Crippen molar-refractivity contribution in [2.24, 2.45) is 13.0 Å². The molecule has 0 aliphatic heterocycles. The molecule has 1 aliphatic carbocycles. The lowest BCUT2D eigenvalue weighted by Crippen LogP contribution is -2.05. The van der Waals surface area contributed by atoms with Gasteiger partial charge in [0.25, 0.3) is 0 Å². The fourth-order valence-electron chi connectivity index (χ4n) is 2.62. The van der Waals surface area contributed by atoms with Crippen LogP contribution < -0.4 is 0 Å². The number of rotatable bonds is 4. The molecular weight excluding hydrogens is 240 g/mol. The highest BCUT2D eigenvalue weighted by Crippen LogP contribution is 2.47. The number of hydrogen-bond donors (Lipinski definition) is 1. The average Bonchev–Trinajstić information content (AvgIpc) is 2.77. The second-order valence-corrected chi connectivity index (χ2v) is 5.68. The molecule has 2 aromatic heterocycles. The largest absolute Gasteiger partial charge is 0.463 e. The van der Waals surface area contributed by atoms with Gasteiger partial charge in [-0.2, -0.15) is 5.10 Å². The van der Waals surface area contributed by atoms with Gasteiger partial charge in [0.2, 0.25) is 0 Å². The standard InChI is InChI=1S/C15H20N2O2/c1-9-6-12(9)14-4-5-15(19-14)13(18)8-11-7-10(2)16-17(11)3/h4-5,7,9,12-13,18H,6,8H2,1-3H3. The molecule has 102 valence electrons. The van der Waals surface area contributed by atoms with E-state index in [-0.39, 0.29) is 0 Å². The van der Waals surface area contributed by atoms with Gasteiger partial charge >= 0.3 is 0 Å². The molecule has 4 heteroatoms. The van der Waals surface area contributed by atoms with Crippen LogP contribution in [0.25, 0.3) is 0 Å². The van der Waals surface area contributed by atoms with Crippen molar-refractivity contribution in [3.63, 3.8) is 0 Å². The van der Waals surface area contributed by atoms with Crippen molar-refractivity contribution >= 4 is 0 Å². The summed E-state index contributed by atoms with van der Waals surface area (Å²) >= 11 is 0. The normalized spacial score (nSPS) is 23.6. The highest BCUT2D eigenvalue weighted by atomic mass is 16.4. The monoisotopic (exact) mass is 260 g/mol. The van der Waals surface area contributed by atoms with Gasteiger partial charge in [-0.15, -0.1) is 0 Å². The van der Waals surface area contributed by atoms with Crippen LogP contribution >= 0.6 is 0 Å². The molecule has 19 heavy (non-hydrogen) atoms. The fraction of sp³-hybridized carbons (Fsp3) is 0.533. The van der Waals surface area contributed by atoms with Gasteiger partial charge in [0.15, 0.2) is 0 Å². The Labute approximate surface area is 113 Å². The van der Waals surface area contributed by atoms with Crippen molar-refractivity contribution < 1.29 is 9.52 Å². The van der Waals surface area contributed by atoms with Crippen molar-refractivity contribution in [2.45, 2.75) is 38.7 Å². The maximum Gasteiger partial charge on any atom is 0.133 e. The molecule has 0 amide bonds. The fourth-order valence-corrected chi connectivity index (χ4v) is 2.62. The molecule has 2 aromatic rings. The third-order valence-corrected chi connectivity index (χ3v) is 3.95. The Morgan fingerprint density at radius 3 is 2.84 bits per heavy atom. The minimum absolute atomic E-state index is 0.532. The smallest absolute Gasteiger partial charge is 0.133 e. The van der Waals surface area contributed by atoms with Gasteiger partial charge in [-0.05, 0) is 37.5 Å². The van der Waals surface area contributed by atoms with Crippen molar-refractivity contribution in [3.8, 4) is 0 Å². The molecule has 4 nitrogen and oxygen atoms in total. The number of aliphatic hydroxyl groups excluding tert-OH is 1. The number of nitrogens with zero attached hydrogens (tertiary/aromatic N) is 2. The van der Waals surface area contributed by atoms with E-state index in [4.69, 9.17) is 4.42 Å². The van der Waals surface area contributed by atoms with E-state index in [0.29, 0.717) is 18.1 Å². The molecule has 1 N–H and O–H groups in total. The molecule has 0 saturated heterocycles. The first-order chi connectivity index (χ1) is 9.04. The van der Waals surface area contributed by atoms with Gasteiger partial charge in [0.05, 0.1) is 5.69 Å². The van der Waals surface area contributed by atoms with Gasteiger partial charge < -0.3 is 9.52 Å². The second-order valence-electron chi connectivity index (χ2n) is 5.68. The van der Waals surface area contributed by atoms with Crippen LogP contribution in [-0.2, 0) is 13.5 Å². The van der Waals surface area contributed by atoms with E-state index in [9.17, 15) is 5.11 Å². The van der Waals surface area contributed by atoms with Crippen molar-refractivity contribution in [1.82, 2.24) is 9.78 Å². The van der Waals surface area contributed by atoms with Crippen LogP contribution in [0.2, 0.25) is 0 Å². The molecule has 3 rings (SSSR count). The molecule has 1 fully saturated rings. The molecule has 1 aliphatic rings. The Morgan fingerprint density at radius 1 is 1.53 bits per heavy atom. The Kier molecular flexibility index (Phi) is 2.97. The van der Waals surface area contributed by atoms with Gasteiger partial charge in [0.1, 0.15) is 17.6 Å². The van der Waals surface area contributed by atoms with E-state index in [1.165, 1.54) is 6.42 Å². The lowest BCUT2D eigenvalue weighted by molar-refractivity contribution is 0.146. The number of aromatic nitrogens is 2. The predicted molar refractivity (Wildman–Crippen MR) is 71.8 cm³/mol. The first-order valence-electron chi connectivity index (χ1n) is 6.82. The van der Waals surface area contributed by atoms with E-state index >= 15 is 0 Å². The highest BCUT2D eigenvalue weighted by Gasteiger charge is 2.36. The van der Waals surface area contributed by atoms with Crippen molar-refractivity contribution in [1.29, 1.82) is 0 Å². The lowest BCUT2D eigenvalue weighted by Gasteiger charge is -2.07. The van der Waals surface area contributed by atoms with E-state index in [1.807, 2.05) is 36.9 Å². The molecule has 1 saturated carbocycles. The summed E-state index contributed by atoms with van der Waals surface area (Å²) in [6, 6.07) is 5.89. The first kappa shape index (κ1) is 12.5. The third kappa shape index (κ3) is 2.45. The molecule has 0 radical (unpaired) electrons. The van der Waals surface area contributed by atoms with E-state index < -0.39 is 6.10 Å². The summed E-state index contributed by atoms with van der Waals surface area (Å²) in [5.41, 5.74) is 1.99. The molecule has 0 aromatic carbocycles. The quantitative estimate of drug-likeness (QED) is 0.919. The zero-order valence-electron chi connectivity index (χ0n) is 11.6. The SMILES string of the molecule is Cc1cc(CC(O)c2ccc(C3CC3C)o2)n(C)n1. The van der Waals surface area contributed by atoms with Crippen LogP contribution in [-0.4, -0.2) is 14.9 Å². The average molecular weight is 260 g/mol. The summed E-state index contributed by atoms with van der Waals surface area (Å²) in [5, 5.41) is 14.5. The van der Waals surface area contributed by atoms with Crippen LogP contribution in [0.1, 0.15) is 48.3 Å². The molecule has 2 heterocycles. The lowest BCUT2D eigenvalue weighted by atomic mass is 10.1.